The minimum Gasteiger partial charge on any atom is -0.299 e. The van der Waals surface area contributed by atoms with Gasteiger partial charge in [-0.15, -0.1) is 0 Å². The molecular formula is C12H10ClFO. The number of Topliss-reactive ketones (excluding diaryl/α,β-unsaturated/α-hetero) is 1. The van der Waals surface area contributed by atoms with E-state index in [1.54, 1.807) is 30.3 Å². The molecule has 78 valence electrons. The fourth-order valence-electron chi connectivity index (χ4n) is 1.69. The van der Waals surface area contributed by atoms with Gasteiger partial charge in [-0.1, -0.05) is 29.8 Å². The van der Waals surface area contributed by atoms with Gasteiger partial charge in [0.25, 0.3) is 0 Å². The van der Waals surface area contributed by atoms with Crippen LogP contribution in [0.25, 0.3) is 5.57 Å². The Kier molecular flexibility index (Phi) is 2.87. The lowest BCUT2D eigenvalue weighted by Crippen LogP contribution is -2.15. The van der Waals surface area contributed by atoms with Gasteiger partial charge in [-0.25, -0.2) is 4.39 Å². The molecule has 3 heteroatoms. The molecule has 1 aliphatic carbocycles. The Morgan fingerprint density at radius 1 is 1.27 bits per heavy atom. The zero-order valence-corrected chi connectivity index (χ0v) is 8.80. The van der Waals surface area contributed by atoms with Gasteiger partial charge in [-0.2, -0.15) is 0 Å². The minimum atomic E-state index is -1.17. The van der Waals surface area contributed by atoms with Crippen LogP contribution < -0.4 is 0 Å². The van der Waals surface area contributed by atoms with E-state index in [1.165, 1.54) is 0 Å². The average molecular weight is 225 g/mol. The summed E-state index contributed by atoms with van der Waals surface area (Å²) in [4.78, 5) is 11.0. The third-order valence-electron chi connectivity index (χ3n) is 2.47. The molecule has 0 amide bonds. The molecule has 0 aromatic heterocycles. The second-order valence-corrected chi connectivity index (χ2v) is 4.02. The van der Waals surface area contributed by atoms with Gasteiger partial charge in [0.2, 0.25) is 0 Å². The third-order valence-corrected chi connectivity index (χ3v) is 2.72. The third kappa shape index (κ3) is 2.26. The first-order valence-corrected chi connectivity index (χ1v) is 5.16. The van der Waals surface area contributed by atoms with Crippen LogP contribution in [0.2, 0.25) is 5.02 Å². The van der Waals surface area contributed by atoms with E-state index in [9.17, 15) is 9.18 Å². The first-order valence-electron chi connectivity index (χ1n) is 4.78. The van der Waals surface area contributed by atoms with Crippen molar-refractivity contribution in [1.29, 1.82) is 0 Å². The van der Waals surface area contributed by atoms with Crippen molar-refractivity contribution < 1.29 is 9.18 Å². The van der Waals surface area contributed by atoms with Crippen molar-refractivity contribution in [3.63, 3.8) is 0 Å². The molecular weight excluding hydrogens is 215 g/mol. The van der Waals surface area contributed by atoms with Gasteiger partial charge < -0.3 is 0 Å². The van der Waals surface area contributed by atoms with Crippen LogP contribution in [0.4, 0.5) is 4.39 Å². The van der Waals surface area contributed by atoms with Crippen molar-refractivity contribution >= 4 is 23.0 Å². The number of allylic oxidation sites excluding steroid dienone is 2. The topological polar surface area (TPSA) is 17.1 Å². The fourth-order valence-corrected chi connectivity index (χ4v) is 1.81. The fraction of sp³-hybridized carbons (Fsp3) is 0.250. The molecule has 2 rings (SSSR count). The Labute approximate surface area is 92.6 Å². The monoisotopic (exact) mass is 224 g/mol. The Hall–Kier alpha value is -1.15. The standard InChI is InChI=1S/C12H10ClFO/c13-9-3-1-8(2-4-9)11-6-5-10(15)7-12(11)14/h1-4,6,12H,5,7H2. The van der Waals surface area contributed by atoms with E-state index >= 15 is 0 Å². The van der Waals surface area contributed by atoms with Gasteiger partial charge in [-0.05, 0) is 23.3 Å². The van der Waals surface area contributed by atoms with E-state index < -0.39 is 6.17 Å². The maximum atomic E-state index is 13.6. The first kappa shape index (κ1) is 10.4. The number of halogens is 2. The van der Waals surface area contributed by atoms with Crippen molar-refractivity contribution in [2.75, 3.05) is 0 Å². The molecule has 1 aromatic rings. The summed E-state index contributed by atoms with van der Waals surface area (Å²) in [6.45, 7) is 0. The van der Waals surface area contributed by atoms with E-state index in [0.29, 0.717) is 17.0 Å². The van der Waals surface area contributed by atoms with Crippen molar-refractivity contribution in [1.82, 2.24) is 0 Å². The Morgan fingerprint density at radius 3 is 2.53 bits per heavy atom. The lowest BCUT2D eigenvalue weighted by Gasteiger charge is -2.16. The van der Waals surface area contributed by atoms with Crippen LogP contribution in [-0.2, 0) is 4.79 Å². The normalized spacial score (nSPS) is 21.3. The molecule has 15 heavy (non-hydrogen) atoms. The predicted molar refractivity (Wildman–Crippen MR) is 58.6 cm³/mol. The molecule has 1 unspecified atom stereocenters. The summed E-state index contributed by atoms with van der Waals surface area (Å²) < 4.78 is 13.6. The molecule has 1 nitrogen and oxygen atoms in total. The van der Waals surface area contributed by atoms with Crippen LogP contribution in [0.3, 0.4) is 0 Å². The zero-order valence-electron chi connectivity index (χ0n) is 8.04. The average Bonchev–Trinajstić information content (AvgIpc) is 2.20. The van der Waals surface area contributed by atoms with Crippen LogP contribution >= 0.6 is 11.6 Å². The first-order chi connectivity index (χ1) is 7.16. The summed E-state index contributed by atoms with van der Waals surface area (Å²) in [5.74, 6) is -0.0415. The maximum Gasteiger partial charge on any atom is 0.139 e. The summed E-state index contributed by atoms with van der Waals surface area (Å²) >= 11 is 5.74. The Bertz CT molecular complexity index is 408. The predicted octanol–water partition coefficient (Wildman–Crippen LogP) is 3.42. The quantitative estimate of drug-likeness (QED) is 0.714. The van der Waals surface area contributed by atoms with Crippen LogP contribution in [-0.4, -0.2) is 12.0 Å². The molecule has 0 saturated heterocycles. The highest BCUT2D eigenvalue weighted by molar-refractivity contribution is 6.30. The number of hydrogen-bond acceptors (Lipinski definition) is 1. The smallest absolute Gasteiger partial charge is 0.139 e. The molecule has 0 aliphatic heterocycles. The summed E-state index contributed by atoms with van der Waals surface area (Å²) in [7, 11) is 0. The molecule has 0 radical (unpaired) electrons. The van der Waals surface area contributed by atoms with E-state index in [2.05, 4.69) is 0 Å². The lowest BCUT2D eigenvalue weighted by atomic mass is 9.91. The molecule has 0 spiro atoms. The Balaban J connectivity index is 2.31. The molecule has 0 bridgehead atoms. The highest BCUT2D eigenvalue weighted by atomic mass is 35.5. The molecule has 0 fully saturated rings. The summed E-state index contributed by atoms with van der Waals surface area (Å²) in [5.41, 5.74) is 1.41. The van der Waals surface area contributed by atoms with Crippen molar-refractivity contribution in [2.45, 2.75) is 19.0 Å². The molecule has 1 aliphatic rings. The molecule has 1 aromatic carbocycles. The Morgan fingerprint density at radius 2 is 1.93 bits per heavy atom. The van der Waals surface area contributed by atoms with Gasteiger partial charge in [0.15, 0.2) is 0 Å². The number of carbonyl (C=O) groups is 1. The van der Waals surface area contributed by atoms with E-state index in [4.69, 9.17) is 11.6 Å². The SMILES string of the molecule is O=C1CC=C(c2ccc(Cl)cc2)C(F)C1. The van der Waals surface area contributed by atoms with Crippen molar-refractivity contribution in [2.24, 2.45) is 0 Å². The van der Waals surface area contributed by atoms with E-state index in [1.807, 2.05) is 0 Å². The lowest BCUT2D eigenvalue weighted by molar-refractivity contribution is -0.119. The maximum absolute atomic E-state index is 13.6. The number of ketones is 1. The highest BCUT2D eigenvalue weighted by Crippen LogP contribution is 2.28. The molecule has 0 N–H and O–H groups in total. The van der Waals surface area contributed by atoms with Crippen molar-refractivity contribution in [3.05, 3.63) is 40.9 Å². The second kappa shape index (κ2) is 4.15. The van der Waals surface area contributed by atoms with Crippen LogP contribution in [0, 0.1) is 0 Å². The number of carbonyl (C=O) groups excluding carboxylic acids is 1. The summed E-state index contributed by atoms with van der Waals surface area (Å²) in [6.07, 6.45) is 0.819. The van der Waals surface area contributed by atoms with Gasteiger partial charge >= 0.3 is 0 Å². The number of rotatable bonds is 1. The van der Waals surface area contributed by atoms with Gasteiger partial charge in [-0.3, -0.25) is 4.79 Å². The summed E-state index contributed by atoms with van der Waals surface area (Å²) in [5, 5.41) is 0.627. The van der Waals surface area contributed by atoms with E-state index in [-0.39, 0.29) is 12.2 Å². The zero-order chi connectivity index (χ0) is 10.8. The van der Waals surface area contributed by atoms with Crippen LogP contribution in [0.1, 0.15) is 18.4 Å². The van der Waals surface area contributed by atoms with E-state index in [0.717, 1.165) is 5.56 Å². The highest BCUT2D eigenvalue weighted by Gasteiger charge is 2.22. The largest absolute Gasteiger partial charge is 0.299 e. The van der Waals surface area contributed by atoms with Crippen LogP contribution in [0.15, 0.2) is 30.3 Å². The van der Waals surface area contributed by atoms with Gasteiger partial charge in [0, 0.05) is 17.9 Å². The number of alkyl halides is 1. The molecule has 0 saturated carbocycles. The minimum absolute atomic E-state index is 0.00550. The van der Waals surface area contributed by atoms with Gasteiger partial charge in [0.05, 0.1) is 0 Å². The van der Waals surface area contributed by atoms with Crippen molar-refractivity contribution in [3.8, 4) is 0 Å². The van der Waals surface area contributed by atoms with Crippen LogP contribution in [0.5, 0.6) is 0 Å². The molecule has 0 heterocycles. The number of benzene rings is 1. The van der Waals surface area contributed by atoms with Gasteiger partial charge in [0.1, 0.15) is 12.0 Å². The number of hydrogen-bond donors (Lipinski definition) is 0. The second-order valence-electron chi connectivity index (χ2n) is 3.58. The summed E-state index contributed by atoms with van der Waals surface area (Å²) in [6, 6.07) is 6.99. The molecule has 1 atom stereocenters.